The maximum absolute atomic E-state index is 13.1. The lowest BCUT2D eigenvalue weighted by molar-refractivity contribution is -0.159. The van der Waals surface area contributed by atoms with Crippen molar-refractivity contribution in [1.82, 2.24) is 10.9 Å². The number of aryl methyl sites for hydroxylation is 2. The van der Waals surface area contributed by atoms with Crippen LogP contribution in [0.5, 0.6) is 5.75 Å². The molecule has 3 aromatic carbocycles. The van der Waals surface area contributed by atoms with Gasteiger partial charge in [-0.2, -0.15) is 0 Å². The molecular weight excluding hydrogens is 508 g/mol. The van der Waals surface area contributed by atoms with E-state index in [-0.39, 0.29) is 16.7 Å². The summed E-state index contributed by atoms with van der Waals surface area (Å²) in [5.41, 5.74) is 5.77. The number of amides is 2. The van der Waals surface area contributed by atoms with Crippen molar-refractivity contribution in [2.24, 2.45) is 0 Å². The number of carboxylic acids is 1. The second kappa shape index (κ2) is 12.9. The highest BCUT2D eigenvalue weighted by Crippen LogP contribution is 2.15. The molecule has 39 heavy (non-hydrogen) atoms. The van der Waals surface area contributed by atoms with Crippen LogP contribution in [0.2, 0.25) is 0 Å². The number of nitrogens with one attached hydrogen (secondary N) is 2. The molecule has 11 heteroatoms. The first-order chi connectivity index (χ1) is 18.6. The van der Waals surface area contributed by atoms with Crippen LogP contribution in [0.15, 0.2) is 72.8 Å². The quantitative estimate of drug-likeness (QED) is 0.277. The van der Waals surface area contributed by atoms with Crippen molar-refractivity contribution < 1.29 is 43.3 Å². The largest absolute Gasteiger partial charge is 0.497 e. The first kappa shape index (κ1) is 28.4. The summed E-state index contributed by atoms with van der Waals surface area (Å²) in [4.78, 5) is 63.2. The number of methoxy groups -OCH3 is 1. The van der Waals surface area contributed by atoms with Crippen molar-refractivity contribution in [1.29, 1.82) is 0 Å². The Labute approximate surface area is 223 Å². The standard InChI is InChI=1S/C28H26N2O9/c1-16-6-4-8-19(14-16)27(35)38-22(23(26(33)34)39-28(36)20-9-5-7-17(2)15-20)25(32)30-29-24(31)18-10-12-21(37-3)13-11-18/h4-15,22-23H,1-3H3,(H,29,31)(H,30,32)(H,33,34)/t22-,23+/m1/s1. The molecule has 0 aliphatic carbocycles. The van der Waals surface area contributed by atoms with Crippen molar-refractivity contribution >= 4 is 29.7 Å². The molecule has 3 aromatic rings. The van der Waals surface area contributed by atoms with Crippen LogP contribution >= 0.6 is 0 Å². The summed E-state index contributed by atoms with van der Waals surface area (Å²) in [5.74, 6) is -5.36. The topological polar surface area (TPSA) is 157 Å². The number of hydrogen-bond acceptors (Lipinski definition) is 8. The van der Waals surface area contributed by atoms with Crippen LogP contribution in [0, 0.1) is 13.8 Å². The van der Waals surface area contributed by atoms with E-state index < -0.39 is 41.9 Å². The molecule has 0 saturated carbocycles. The Bertz CT molecular complexity index is 1390. The Morgan fingerprint density at radius 3 is 1.67 bits per heavy atom. The summed E-state index contributed by atoms with van der Waals surface area (Å²) in [6.07, 6.45) is -4.41. The Morgan fingerprint density at radius 2 is 1.21 bits per heavy atom. The summed E-state index contributed by atoms with van der Waals surface area (Å²) in [5, 5.41) is 9.83. The molecule has 2 amide bonds. The van der Waals surface area contributed by atoms with Crippen LogP contribution in [0.1, 0.15) is 42.2 Å². The number of rotatable bonds is 9. The van der Waals surface area contributed by atoms with E-state index in [0.717, 1.165) is 0 Å². The Balaban J connectivity index is 1.84. The number of ether oxygens (including phenoxy) is 3. The molecule has 0 bridgehead atoms. The van der Waals surface area contributed by atoms with Gasteiger partial charge in [0.2, 0.25) is 12.2 Å². The molecule has 0 unspecified atom stereocenters. The van der Waals surface area contributed by atoms with Crippen LogP contribution in [0.4, 0.5) is 0 Å². The predicted molar refractivity (Wildman–Crippen MR) is 137 cm³/mol. The van der Waals surface area contributed by atoms with Gasteiger partial charge in [0.25, 0.3) is 11.8 Å². The minimum atomic E-state index is -2.25. The van der Waals surface area contributed by atoms with Crippen LogP contribution in [-0.2, 0) is 19.1 Å². The lowest BCUT2D eigenvalue weighted by Crippen LogP contribution is -2.54. The van der Waals surface area contributed by atoms with Crippen molar-refractivity contribution in [3.05, 3.63) is 101 Å². The molecule has 0 aliphatic rings. The summed E-state index contributed by atoms with van der Waals surface area (Å²) in [6, 6.07) is 18.2. The molecule has 0 heterocycles. The molecule has 0 fully saturated rings. The summed E-state index contributed by atoms with van der Waals surface area (Å²) < 4.78 is 15.4. The molecule has 0 saturated heterocycles. The molecule has 3 N–H and O–H groups in total. The summed E-state index contributed by atoms with van der Waals surface area (Å²) >= 11 is 0. The van der Waals surface area contributed by atoms with Gasteiger partial charge in [0.1, 0.15) is 5.75 Å². The highest BCUT2D eigenvalue weighted by molar-refractivity contribution is 5.99. The molecule has 11 nitrogen and oxygen atoms in total. The highest BCUT2D eigenvalue weighted by atomic mass is 16.6. The lowest BCUT2D eigenvalue weighted by atomic mass is 10.1. The minimum Gasteiger partial charge on any atom is -0.497 e. The van der Waals surface area contributed by atoms with Gasteiger partial charge in [-0.1, -0.05) is 35.4 Å². The van der Waals surface area contributed by atoms with E-state index in [1.807, 2.05) is 5.43 Å². The highest BCUT2D eigenvalue weighted by Gasteiger charge is 2.41. The first-order valence-electron chi connectivity index (χ1n) is 11.6. The normalized spacial score (nSPS) is 11.9. The summed E-state index contributed by atoms with van der Waals surface area (Å²) in [6.45, 7) is 3.44. The predicted octanol–water partition coefficient (Wildman–Crippen LogP) is 2.61. The van der Waals surface area contributed by atoms with Gasteiger partial charge in [0.15, 0.2) is 0 Å². The first-order valence-corrected chi connectivity index (χ1v) is 11.6. The monoisotopic (exact) mass is 534 g/mol. The molecule has 3 rings (SSSR count). The number of hydrazine groups is 1. The number of carbonyl (C=O) groups is 5. The fourth-order valence-electron chi connectivity index (χ4n) is 3.41. The van der Waals surface area contributed by atoms with Crippen LogP contribution in [0.25, 0.3) is 0 Å². The zero-order valence-electron chi connectivity index (χ0n) is 21.3. The van der Waals surface area contributed by atoms with E-state index >= 15 is 0 Å². The summed E-state index contributed by atoms with van der Waals surface area (Å²) in [7, 11) is 1.46. The number of esters is 2. The second-order valence-electron chi connectivity index (χ2n) is 8.40. The molecule has 202 valence electrons. The second-order valence-corrected chi connectivity index (χ2v) is 8.40. The Hall–Kier alpha value is -5.19. The van der Waals surface area contributed by atoms with E-state index in [1.165, 1.54) is 55.6 Å². The van der Waals surface area contributed by atoms with Gasteiger partial charge in [-0.25, -0.2) is 14.4 Å². The fourth-order valence-corrected chi connectivity index (χ4v) is 3.41. The Morgan fingerprint density at radius 1 is 0.692 bits per heavy atom. The van der Waals surface area contributed by atoms with E-state index in [9.17, 15) is 29.1 Å². The zero-order valence-corrected chi connectivity index (χ0v) is 21.3. The Kier molecular flexibility index (Phi) is 9.36. The fraction of sp³-hybridized carbons (Fsp3) is 0.179. The van der Waals surface area contributed by atoms with Crippen LogP contribution < -0.4 is 15.6 Å². The molecular formula is C28H26N2O9. The molecule has 0 aliphatic heterocycles. The van der Waals surface area contributed by atoms with Crippen molar-refractivity contribution in [3.8, 4) is 5.75 Å². The van der Waals surface area contributed by atoms with Crippen LogP contribution in [0.3, 0.4) is 0 Å². The smallest absolute Gasteiger partial charge is 0.349 e. The van der Waals surface area contributed by atoms with E-state index in [4.69, 9.17) is 14.2 Å². The van der Waals surface area contributed by atoms with Gasteiger partial charge in [-0.3, -0.25) is 20.4 Å². The molecule has 0 radical (unpaired) electrons. The maximum atomic E-state index is 13.1. The third-order valence-electron chi connectivity index (χ3n) is 5.40. The average Bonchev–Trinajstić information content (AvgIpc) is 2.93. The maximum Gasteiger partial charge on any atom is 0.349 e. The third-order valence-corrected chi connectivity index (χ3v) is 5.40. The zero-order chi connectivity index (χ0) is 28.5. The lowest BCUT2D eigenvalue weighted by Gasteiger charge is -2.23. The molecule has 0 spiro atoms. The van der Waals surface area contributed by atoms with Gasteiger partial charge in [0.05, 0.1) is 18.2 Å². The number of aliphatic carboxylic acids is 1. The minimum absolute atomic E-state index is 0.0261. The third kappa shape index (κ3) is 7.65. The van der Waals surface area contributed by atoms with E-state index in [2.05, 4.69) is 5.43 Å². The number of benzene rings is 3. The average molecular weight is 535 g/mol. The van der Waals surface area contributed by atoms with Gasteiger partial charge < -0.3 is 19.3 Å². The number of carbonyl (C=O) groups excluding carboxylic acids is 4. The molecule has 0 aromatic heterocycles. The SMILES string of the molecule is COc1ccc(C(=O)NNC(=O)[C@H](OC(=O)c2cccc(C)c2)[C@H](OC(=O)c2cccc(C)c2)C(=O)O)cc1. The van der Waals surface area contributed by atoms with E-state index in [1.54, 1.807) is 38.1 Å². The van der Waals surface area contributed by atoms with Gasteiger partial charge in [-0.05, 0) is 62.4 Å². The molecule has 2 atom stereocenters. The van der Waals surface area contributed by atoms with Gasteiger partial charge >= 0.3 is 17.9 Å². The van der Waals surface area contributed by atoms with Crippen molar-refractivity contribution in [2.45, 2.75) is 26.1 Å². The number of carboxylic acid groups (broad SMARTS) is 1. The van der Waals surface area contributed by atoms with Crippen molar-refractivity contribution in [3.63, 3.8) is 0 Å². The van der Waals surface area contributed by atoms with Crippen molar-refractivity contribution in [2.75, 3.05) is 7.11 Å². The van der Waals surface area contributed by atoms with Gasteiger partial charge in [0, 0.05) is 5.56 Å². The van der Waals surface area contributed by atoms with Crippen LogP contribution in [-0.4, -0.2) is 54.1 Å². The number of hydrogen-bond donors (Lipinski definition) is 3. The van der Waals surface area contributed by atoms with E-state index in [0.29, 0.717) is 16.9 Å². The van der Waals surface area contributed by atoms with Gasteiger partial charge in [-0.15, -0.1) is 0 Å².